The number of nitrogens with one attached hydrogen (secondary N) is 1. The highest BCUT2D eigenvalue weighted by Gasteiger charge is 2.28. The van der Waals surface area contributed by atoms with Crippen molar-refractivity contribution in [2.75, 3.05) is 38.1 Å². The van der Waals surface area contributed by atoms with E-state index in [1.807, 2.05) is 0 Å². The summed E-state index contributed by atoms with van der Waals surface area (Å²) in [7, 11) is -3.77. The van der Waals surface area contributed by atoms with Crippen LogP contribution in [0.3, 0.4) is 0 Å². The third-order valence-corrected chi connectivity index (χ3v) is 6.74. The van der Waals surface area contributed by atoms with Crippen LogP contribution < -0.4 is 5.32 Å². The maximum absolute atomic E-state index is 13.1. The second-order valence-corrected chi connectivity index (χ2v) is 8.87. The number of amides is 2. The highest BCUT2D eigenvalue weighted by molar-refractivity contribution is 7.89. The zero-order chi connectivity index (χ0) is 22.4. The summed E-state index contributed by atoms with van der Waals surface area (Å²) < 4.78 is 45.0. The van der Waals surface area contributed by atoms with Gasteiger partial charge in [0, 0.05) is 37.4 Å². The Bertz CT molecular complexity index is 1040. The van der Waals surface area contributed by atoms with E-state index in [1.165, 1.54) is 16.4 Å². The van der Waals surface area contributed by atoms with Crippen molar-refractivity contribution in [3.05, 3.63) is 59.9 Å². The van der Waals surface area contributed by atoms with Gasteiger partial charge in [-0.05, 0) is 55.8 Å². The maximum Gasteiger partial charge on any atom is 0.411 e. The monoisotopic (exact) mass is 449 g/mol. The maximum atomic E-state index is 13.1. The molecule has 1 aliphatic heterocycles. The average molecular weight is 450 g/mol. The summed E-state index contributed by atoms with van der Waals surface area (Å²) in [6.45, 7) is 2.92. The van der Waals surface area contributed by atoms with Crippen LogP contribution in [0, 0.1) is 5.82 Å². The average Bonchev–Trinajstić information content (AvgIpc) is 3.01. The van der Waals surface area contributed by atoms with Crippen molar-refractivity contribution < 1.29 is 27.1 Å². The topological polar surface area (TPSA) is 96.0 Å². The van der Waals surface area contributed by atoms with Crippen LogP contribution in [0.1, 0.15) is 23.7 Å². The molecule has 3 rings (SSSR count). The fourth-order valence-corrected chi connectivity index (χ4v) is 4.76. The summed E-state index contributed by atoms with van der Waals surface area (Å²) in [6, 6.07) is 11.2. The van der Waals surface area contributed by atoms with Crippen LogP contribution in [0.4, 0.5) is 14.9 Å². The molecule has 8 nitrogen and oxygen atoms in total. The summed E-state index contributed by atoms with van der Waals surface area (Å²) in [5.74, 6) is -0.764. The molecule has 2 aromatic rings. The van der Waals surface area contributed by atoms with Gasteiger partial charge in [-0.2, -0.15) is 4.31 Å². The second kappa shape index (κ2) is 9.88. The molecule has 0 bridgehead atoms. The van der Waals surface area contributed by atoms with Crippen LogP contribution in [-0.4, -0.2) is 62.4 Å². The second-order valence-electron chi connectivity index (χ2n) is 6.93. The molecule has 10 heteroatoms. The molecule has 0 aromatic heterocycles. The highest BCUT2D eigenvalue weighted by Crippen LogP contribution is 2.20. The molecule has 166 valence electrons. The van der Waals surface area contributed by atoms with Gasteiger partial charge in [0.2, 0.25) is 10.0 Å². The first-order valence-corrected chi connectivity index (χ1v) is 11.3. The molecule has 1 saturated heterocycles. The van der Waals surface area contributed by atoms with E-state index < -0.39 is 21.9 Å². The van der Waals surface area contributed by atoms with Crippen molar-refractivity contribution in [3.63, 3.8) is 0 Å². The van der Waals surface area contributed by atoms with Crippen LogP contribution >= 0.6 is 0 Å². The molecule has 1 heterocycles. The summed E-state index contributed by atoms with van der Waals surface area (Å²) in [5.41, 5.74) is 0.809. The molecule has 2 aromatic carbocycles. The number of hydrogen-bond acceptors (Lipinski definition) is 5. The minimum Gasteiger partial charge on any atom is -0.450 e. The first-order chi connectivity index (χ1) is 14.8. The summed E-state index contributed by atoms with van der Waals surface area (Å²) in [5, 5.41) is 2.56. The van der Waals surface area contributed by atoms with Gasteiger partial charge in [0.1, 0.15) is 5.82 Å². The SMILES string of the molecule is CCOC(=O)Nc1cccc(C(=O)N2CCCN(S(=O)(=O)c3ccc(F)cc3)CC2)c1. The van der Waals surface area contributed by atoms with E-state index in [9.17, 15) is 22.4 Å². The van der Waals surface area contributed by atoms with Crippen molar-refractivity contribution in [2.24, 2.45) is 0 Å². The number of anilines is 1. The van der Waals surface area contributed by atoms with Crippen molar-refractivity contribution in [2.45, 2.75) is 18.2 Å². The van der Waals surface area contributed by atoms with Gasteiger partial charge in [0.05, 0.1) is 11.5 Å². The fraction of sp³-hybridized carbons (Fsp3) is 0.333. The number of carbonyl (C=O) groups excluding carboxylic acids is 2. The van der Waals surface area contributed by atoms with Crippen LogP contribution in [0.2, 0.25) is 0 Å². The zero-order valence-corrected chi connectivity index (χ0v) is 17.9. The molecule has 2 amide bonds. The number of benzene rings is 2. The number of hydrogen-bond donors (Lipinski definition) is 1. The van der Waals surface area contributed by atoms with Crippen molar-refractivity contribution in [3.8, 4) is 0 Å². The molecular formula is C21H24FN3O5S. The minimum absolute atomic E-state index is 0.0198. The first kappa shape index (κ1) is 22.7. The van der Waals surface area contributed by atoms with E-state index in [0.29, 0.717) is 24.2 Å². The standard InChI is InChI=1S/C21H24FN3O5S/c1-2-30-21(27)23-18-6-3-5-16(15-18)20(26)24-11-4-12-25(14-13-24)31(28,29)19-9-7-17(22)8-10-19/h3,5-10,15H,2,4,11-14H2,1H3,(H,23,27). The van der Waals surface area contributed by atoms with Gasteiger partial charge in [-0.1, -0.05) is 6.07 Å². The Labute approximate surface area is 180 Å². The molecule has 1 N–H and O–H groups in total. The number of rotatable bonds is 5. The number of carbonyl (C=O) groups is 2. The van der Waals surface area contributed by atoms with E-state index in [4.69, 9.17) is 4.74 Å². The molecule has 0 unspecified atom stereocenters. The van der Waals surface area contributed by atoms with E-state index in [-0.39, 0.29) is 37.0 Å². The van der Waals surface area contributed by atoms with Gasteiger partial charge >= 0.3 is 6.09 Å². The molecule has 0 radical (unpaired) electrons. The molecule has 0 saturated carbocycles. The van der Waals surface area contributed by atoms with E-state index in [1.54, 1.807) is 36.1 Å². The normalized spacial score (nSPS) is 15.2. The van der Waals surface area contributed by atoms with Gasteiger partial charge in [-0.15, -0.1) is 0 Å². The Morgan fingerprint density at radius 3 is 2.52 bits per heavy atom. The van der Waals surface area contributed by atoms with Crippen molar-refractivity contribution in [1.29, 1.82) is 0 Å². The van der Waals surface area contributed by atoms with Crippen LogP contribution in [-0.2, 0) is 14.8 Å². The predicted octanol–water partition coefficient (Wildman–Crippen LogP) is 2.93. The zero-order valence-electron chi connectivity index (χ0n) is 17.1. The quantitative estimate of drug-likeness (QED) is 0.757. The third kappa shape index (κ3) is 5.59. The Morgan fingerprint density at radius 2 is 1.81 bits per heavy atom. The molecule has 1 aliphatic rings. The van der Waals surface area contributed by atoms with Gasteiger partial charge in [0.15, 0.2) is 0 Å². The van der Waals surface area contributed by atoms with E-state index in [0.717, 1.165) is 12.1 Å². The lowest BCUT2D eigenvalue weighted by atomic mass is 10.1. The lowest BCUT2D eigenvalue weighted by molar-refractivity contribution is 0.0764. The first-order valence-electron chi connectivity index (χ1n) is 9.90. The third-order valence-electron chi connectivity index (χ3n) is 4.82. The number of halogens is 1. The molecule has 31 heavy (non-hydrogen) atoms. The molecule has 0 spiro atoms. The molecule has 1 fully saturated rings. The predicted molar refractivity (Wildman–Crippen MR) is 113 cm³/mol. The van der Waals surface area contributed by atoms with Crippen LogP contribution in [0.5, 0.6) is 0 Å². The van der Waals surface area contributed by atoms with E-state index >= 15 is 0 Å². The van der Waals surface area contributed by atoms with Gasteiger partial charge in [-0.25, -0.2) is 17.6 Å². The number of ether oxygens (including phenoxy) is 1. The summed E-state index contributed by atoms with van der Waals surface area (Å²) in [6.07, 6.45) is -0.143. The molecular weight excluding hydrogens is 425 g/mol. The lowest BCUT2D eigenvalue weighted by Gasteiger charge is -2.22. The molecule has 0 aliphatic carbocycles. The molecule has 0 atom stereocenters. The Balaban J connectivity index is 1.68. The smallest absolute Gasteiger partial charge is 0.411 e. The van der Waals surface area contributed by atoms with Crippen LogP contribution in [0.25, 0.3) is 0 Å². The van der Waals surface area contributed by atoms with Gasteiger partial charge in [-0.3, -0.25) is 10.1 Å². The van der Waals surface area contributed by atoms with Gasteiger partial charge < -0.3 is 9.64 Å². The van der Waals surface area contributed by atoms with E-state index in [2.05, 4.69) is 5.32 Å². The van der Waals surface area contributed by atoms with Crippen LogP contribution in [0.15, 0.2) is 53.4 Å². The Kier molecular flexibility index (Phi) is 7.24. The Morgan fingerprint density at radius 1 is 1.06 bits per heavy atom. The summed E-state index contributed by atoms with van der Waals surface area (Å²) >= 11 is 0. The van der Waals surface area contributed by atoms with Gasteiger partial charge in [0.25, 0.3) is 5.91 Å². The fourth-order valence-electron chi connectivity index (χ4n) is 3.29. The van der Waals surface area contributed by atoms with Crippen molar-refractivity contribution in [1.82, 2.24) is 9.21 Å². The number of nitrogens with zero attached hydrogens (tertiary/aromatic N) is 2. The Hall–Kier alpha value is -2.98. The largest absolute Gasteiger partial charge is 0.450 e. The highest BCUT2D eigenvalue weighted by atomic mass is 32.2. The number of sulfonamides is 1. The van der Waals surface area contributed by atoms with Crippen molar-refractivity contribution >= 4 is 27.7 Å². The minimum atomic E-state index is -3.77. The lowest BCUT2D eigenvalue weighted by Crippen LogP contribution is -2.37. The summed E-state index contributed by atoms with van der Waals surface area (Å²) in [4.78, 5) is 26.2.